The standard InChI is InChI=1S/C10H18N2O/c1-7(2)8-5-12(6-8)9(13)10(11)3-4-10/h7-8H,3-6,11H2,1-2H3. The van der Waals surface area contributed by atoms with Crippen molar-refractivity contribution in [1.82, 2.24) is 4.90 Å². The van der Waals surface area contributed by atoms with Crippen LogP contribution in [0, 0.1) is 11.8 Å². The van der Waals surface area contributed by atoms with Gasteiger partial charge in [-0.2, -0.15) is 0 Å². The van der Waals surface area contributed by atoms with Crippen molar-refractivity contribution in [2.45, 2.75) is 32.2 Å². The maximum Gasteiger partial charge on any atom is 0.242 e. The number of carbonyl (C=O) groups excluding carboxylic acids is 1. The van der Waals surface area contributed by atoms with Crippen LogP contribution >= 0.6 is 0 Å². The number of hydrogen-bond acceptors (Lipinski definition) is 2. The summed E-state index contributed by atoms with van der Waals surface area (Å²) in [6.07, 6.45) is 1.77. The third kappa shape index (κ3) is 1.46. The molecule has 2 rings (SSSR count). The summed E-state index contributed by atoms with van der Waals surface area (Å²) in [5.41, 5.74) is 5.37. The number of amides is 1. The molecule has 0 spiro atoms. The summed E-state index contributed by atoms with van der Waals surface area (Å²) < 4.78 is 0. The van der Waals surface area contributed by atoms with Crippen molar-refractivity contribution in [3.8, 4) is 0 Å². The second-order valence-electron chi connectivity index (χ2n) is 4.87. The molecule has 3 nitrogen and oxygen atoms in total. The van der Waals surface area contributed by atoms with Gasteiger partial charge >= 0.3 is 0 Å². The first-order valence-corrected chi connectivity index (χ1v) is 5.11. The molecule has 2 N–H and O–H groups in total. The lowest BCUT2D eigenvalue weighted by molar-refractivity contribution is -0.141. The van der Waals surface area contributed by atoms with E-state index in [1.54, 1.807) is 0 Å². The van der Waals surface area contributed by atoms with Gasteiger partial charge in [0.25, 0.3) is 0 Å². The number of hydrogen-bond donors (Lipinski definition) is 1. The fourth-order valence-corrected chi connectivity index (χ4v) is 1.76. The largest absolute Gasteiger partial charge is 0.340 e. The van der Waals surface area contributed by atoms with Gasteiger partial charge in [0.15, 0.2) is 0 Å². The van der Waals surface area contributed by atoms with Crippen molar-refractivity contribution in [3.63, 3.8) is 0 Å². The number of nitrogens with zero attached hydrogens (tertiary/aromatic N) is 1. The molecule has 0 aromatic heterocycles. The predicted molar refractivity (Wildman–Crippen MR) is 51.1 cm³/mol. The molecule has 0 radical (unpaired) electrons. The quantitative estimate of drug-likeness (QED) is 0.679. The van der Waals surface area contributed by atoms with Gasteiger partial charge in [0.2, 0.25) is 5.91 Å². The van der Waals surface area contributed by atoms with Gasteiger partial charge in [-0.25, -0.2) is 0 Å². The molecule has 0 unspecified atom stereocenters. The highest BCUT2D eigenvalue weighted by Crippen LogP contribution is 2.36. The third-order valence-corrected chi connectivity index (χ3v) is 3.35. The molecule has 1 aliphatic carbocycles. The van der Waals surface area contributed by atoms with Crippen LogP contribution in [0.15, 0.2) is 0 Å². The van der Waals surface area contributed by atoms with Crippen molar-refractivity contribution < 1.29 is 4.79 Å². The van der Waals surface area contributed by atoms with Crippen molar-refractivity contribution in [2.75, 3.05) is 13.1 Å². The van der Waals surface area contributed by atoms with E-state index in [2.05, 4.69) is 13.8 Å². The third-order valence-electron chi connectivity index (χ3n) is 3.35. The Labute approximate surface area is 79.3 Å². The van der Waals surface area contributed by atoms with E-state index in [4.69, 9.17) is 5.73 Å². The van der Waals surface area contributed by atoms with Crippen LogP contribution in [0.5, 0.6) is 0 Å². The minimum absolute atomic E-state index is 0.185. The zero-order valence-electron chi connectivity index (χ0n) is 8.42. The van der Waals surface area contributed by atoms with E-state index in [0.29, 0.717) is 11.8 Å². The molecule has 2 fully saturated rings. The molecular formula is C10H18N2O. The zero-order chi connectivity index (χ0) is 9.64. The topological polar surface area (TPSA) is 46.3 Å². The molecule has 1 amide bonds. The highest BCUT2D eigenvalue weighted by Gasteiger charge is 2.50. The Kier molecular flexibility index (Phi) is 1.88. The van der Waals surface area contributed by atoms with Gasteiger partial charge in [0, 0.05) is 13.1 Å². The summed E-state index contributed by atoms with van der Waals surface area (Å²) in [6.45, 7) is 6.27. The summed E-state index contributed by atoms with van der Waals surface area (Å²) in [6, 6.07) is 0. The van der Waals surface area contributed by atoms with Crippen LogP contribution in [0.25, 0.3) is 0 Å². The van der Waals surface area contributed by atoms with Crippen LogP contribution in [-0.4, -0.2) is 29.4 Å². The highest BCUT2D eigenvalue weighted by atomic mass is 16.2. The molecule has 1 aliphatic heterocycles. The van der Waals surface area contributed by atoms with Gasteiger partial charge in [0.05, 0.1) is 5.54 Å². The molecule has 13 heavy (non-hydrogen) atoms. The van der Waals surface area contributed by atoms with E-state index in [-0.39, 0.29) is 5.91 Å². The molecule has 1 saturated heterocycles. The Balaban J connectivity index is 1.83. The van der Waals surface area contributed by atoms with E-state index in [9.17, 15) is 4.79 Å². The summed E-state index contributed by atoms with van der Waals surface area (Å²) in [5.74, 6) is 1.58. The van der Waals surface area contributed by atoms with Gasteiger partial charge in [-0.3, -0.25) is 4.79 Å². The van der Waals surface area contributed by atoms with Crippen molar-refractivity contribution in [3.05, 3.63) is 0 Å². The van der Waals surface area contributed by atoms with Crippen LogP contribution < -0.4 is 5.73 Å². The van der Waals surface area contributed by atoms with Crippen molar-refractivity contribution in [2.24, 2.45) is 17.6 Å². The lowest BCUT2D eigenvalue weighted by Crippen LogP contribution is -2.57. The number of likely N-dealkylation sites (tertiary alicyclic amines) is 1. The van der Waals surface area contributed by atoms with Crippen molar-refractivity contribution >= 4 is 5.91 Å². The fourth-order valence-electron chi connectivity index (χ4n) is 1.76. The maximum absolute atomic E-state index is 11.7. The lowest BCUT2D eigenvalue weighted by Gasteiger charge is -2.42. The van der Waals surface area contributed by atoms with Gasteiger partial charge in [-0.15, -0.1) is 0 Å². The Morgan fingerprint density at radius 2 is 2.00 bits per heavy atom. The summed E-state index contributed by atoms with van der Waals surface area (Å²) in [7, 11) is 0. The summed E-state index contributed by atoms with van der Waals surface area (Å²) in [5, 5.41) is 0. The van der Waals surface area contributed by atoms with E-state index in [1.807, 2.05) is 4.90 Å². The van der Waals surface area contributed by atoms with E-state index in [1.165, 1.54) is 0 Å². The minimum Gasteiger partial charge on any atom is -0.340 e. The number of rotatable bonds is 2. The first-order valence-electron chi connectivity index (χ1n) is 5.11. The van der Waals surface area contributed by atoms with E-state index in [0.717, 1.165) is 25.9 Å². The van der Waals surface area contributed by atoms with Crippen LogP contribution in [-0.2, 0) is 4.79 Å². The first-order chi connectivity index (χ1) is 6.03. The Morgan fingerprint density at radius 3 is 2.38 bits per heavy atom. The molecular weight excluding hydrogens is 164 g/mol. The SMILES string of the molecule is CC(C)C1CN(C(=O)C2(N)CC2)C1. The molecule has 0 aromatic rings. The van der Waals surface area contributed by atoms with Crippen LogP contribution in [0.1, 0.15) is 26.7 Å². The molecule has 1 heterocycles. The second kappa shape index (κ2) is 2.71. The normalized spacial score (nSPS) is 26.0. The fraction of sp³-hybridized carbons (Fsp3) is 0.900. The predicted octanol–water partition coefficient (Wildman–Crippen LogP) is 0.592. The summed E-state index contributed by atoms with van der Waals surface area (Å²) in [4.78, 5) is 13.6. The molecule has 1 saturated carbocycles. The maximum atomic E-state index is 11.7. The monoisotopic (exact) mass is 182 g/mol. The first kappa shape index (κ1) is 9.00. The summed E-state index contributed by atoms with van der Waals surface area (Å²) >= 11 is 0. The van der Waals surface area contributed by atoms with Crippen LogP contribution in [0.4, 0.5) is 0 Å². The average molecular weight is 182 g/mol. The smallest absolute Gasteiger partial charge is 0.242 e. The molecule has 74 valence electrons. The van der Waals surface area contributed by atoms with Gasteiger partial charge in [-0.1, -0.05) is 13.8 Å². The lowest BCUT2D eigenvalue weighted by atomic mass is 9.88. The van der Waals surface area contributed by atoms with E-state index >= 15 is 0 Å². The Hall–Kier alpha value is -0.570. The zero-order valence-corrected chi connectivity index (χ0v) is 8.42. The second-order valence-corrected chi connectivity index (χ2v) is 4.87. The minimum atomic E-state index is -0.456. The molecule has 3 heteroatoms. The Morgan fingerprint density at radius 1 is 1.46 bits per heavy atom. The molecule has 0 bridgehead atoms. The molecule has 2 aliphatic rings. The van der Waals surface area contributed by atoms with Gasteiger partial charge < -0.3 is 10.6 Å². The van der Waals surface area contributed by atoms with Gasteiger partial charge in [0.1, 0.15) is 0 Å². The Bertz CT molecular complexity index is 227. The van der Waals surface area contributed by atoms with Crippen molar-refractivity contribution in [1.29, 1.82) is 0 Å². The number of nitrogens with two attached hydrogens (primary N) is 1. The van der Waals surface area contributed by atoms with E-state index < -0.39 is 5.54 Å². The molecule has 0 atom stereocenters. The number of carbonyl (C=O) groups is 1. The average Bonchev–Trinajstić information content (AvgIpc) is 2.64. The van der Waals surface area contributed by atoms with Crippen LogP contribution in [0.3, 0.4) is 0 Å². The molecule has 0 aromatic carbocycles. The van der Waals surface area contributed by atoms with Crippen LogP contribution in [0.2, 0.25) is 0 Å². The van der Waals surface area contributed by atoms with Gasteiger partial charge in [-0.05, 0) is 24.7 Å². The highest BCUT2D eigenvalue weighted by molar-refractivity contribution is 5.89.